The van der Waals surface area contributed by atoms with Crippen molar-refractivity contribution in [1.82, 2.24) is 4.98 Å². The molecule has 0 bridgehead atoms. The van der Waals surface area contributed by atoms with Gasteiger partial charge in [-0.05, 0) is 55.7 Å². The Morgan fingerprint density at radius 3 is 2.96 bits per heavy atom. The van der Waals surface area contributed by atoms with Gasteiger partial charge in [0.15, 0.2) is 0 Å². The van der Waals surface area contributed by atoms with Crippen LogP contribution in [0.4, 0.5) is 5.13 Å². The van der Waals surface area contributed by atoms with Gasteiger partial charge in [0.1, 0.15) is 17.3 Å². The predicted octanol–water partition coefficient (Wildman–Crippen LogP) is 4.57. The number of benzene rings is 1. The predicted molar refractivity (Wildman–Crippen MR) is 92.2 cm³/mol. The van der Waals surface area contributed by atoms with Crippen molar-refractivity contribution in [2.75, 3.05) is 7.11 Å². The van der Waals surface area contributed by atoms with Gasteiger partial charge in [0.25, 0.3) is 0 Å². The van der Waals surface area contributed by atoms with Crippen molar-refractivity contribution in [1.29, 1.82) is 0 Å². The van der Waals surface area contributed by atoms with Crippen molar-refractivity contribution < 1.29 is 9.15 Å². The van der Waals surface area contributed by atoms with Gasteiger partial charge in [-0.3, -0.25) is 0 Å². The molecule has 4 nitrogen and oxygen atoms in total. The van der Waals surface area contributed by atoms with Crippen LogP contribution in [0.25, 0.3) is 11.3 Å². The molecule has 0 radical (unpaired) electrons. The van der Waals surface area contributed by atoms with Gasteiger partial charge in [0.2, 0.25) is 5.13 Å². The first kappa shape index (κ1) is 14.2. The van der Waals surface area contributed by atoms with E-state index in [0.29, 0.717) is 0 Å². The third kappa shape index (κ3) is 2.68. The van der Waals surface area contributed by atoms with Crippen molar-refractivity contribution >= 4 is 22.7 Å². The fourth-order valence-corrected chi connectivity index (χ4v) is 3.72. The van der Waals surface area contributed by atoms with Gasteiger partial charge in [-0.2, -0.15) is 0 Å². The molecule has 0 spiro atoms. The van der Waals surface area contributed by atoms with E-state index >= 15 is 0 Å². The molecule has 0 amide bonds. The van der Waals surface area contributed by atoms with Crippen LogP contribution in [0.2, 0.25) is 0 Å². The molecule has 5 heteroatoms. The van der Waals surface area contributed by atoms with E-state index in [0.717, 1.165) is 40.9 Å². The molecule has 0 saturated heterocycles. The molecule has 1 aliphatic rings. The maximum absolute atomic E-state index is 5.50. The van der Waals surface area contributed by atoms with Crippen LogP contribution in [0.1, 0.15) is 22.0 Å². The lowest BCUT2D eigenvalue weighted by Gasteiger charge is -2.15. The Morgan fingerprint density at radius 1 is 1.26 bits per heavy atom. The number of furan rings is 1. The lowest BCUT2D eigenvalue weighted by atomic mass is 9.93. The first-order chi connectivity index (χ1) is 11.2. The molecule has 1 aromatic carbocycles. The zero-order valence-electron chi connectivity index (χ0n) is 13.0. The average molecular weight is 324 g/mol. The molecular weight excluding hydrogens is 308 g/mol. The number of thiazole rings is 1. The maximum Gasteiger partial charge on any atom is 0.210 e. The quantitative estimate of drug-likeness (QED) is 0.663. The number of ether oxygens (including phenoxy) is 1. The normalized spacial score (nSPS) is 13.1. The zero-order valence-corrected chi connectivity index (χ0v) is 13.8. The first-order valence-corrected chi connectivity index (χ1v) is 8.32. The van der Waals surface area contributed by atoms with Gasteiger partial charge in [-0.25, -0.2) is 9.98 Å². The molecule has 4 rings (SSSR count). The summed E-state index contributed by atoms with van der Waals surface area (Å²) in [6, 6.07) is 10.0. The number of aryl methyl sites for hydroxylation is 3. The summed E-state index contributed by atoms with van der Waals surface area (Å²) in [5, 5.41) is 0.771. The van der Waals surface area contributed by atoms with E-state index in [9.17, 15) is 0 Å². The highest BCUT2D eigenvalue weighted by atomic mass is 32.1. The monoisotopic (exact) mass is 324 g/mol. The number of rotatable bonds is 3. The Balaban J connectivity index is 1.67. The molecule has 0 unspecified atom stereocenters. The Bertz CT molecular complexity index is 892. The second-order valence-corrected chi connectivity index (χ2v) is 6.56. The van der Waals surface area contributed by atoms with Crippen LogP contribution in [-0.4, -0.2) is 18.3 Å². The van der Waals surface area contributed by atoms with Crippen LogP contribution in [-0.2, 0) is 12.8 Å². The highest BCUT2D eigenvalue weighted by Crippen LogP contribution is 2.40. The lowest BCUT2D eigenvalue weighted by Crippen LogP contribution is -2.02. The van der Waals surface area contributed by atoms with Gasteiger partial charge in [-0.1, -0.05) is 11.3 Å². The number of hydrogen-bond acceptors (Lipinski definition) is 5. The van der Waals surface area contributed by atoms with Gasteiger partial charge < -0.3 is 9.15 Å². The standard InChI is InChI=1S/C18H16N2O2S/c1-11-3-5-14(22-11)10-19-18-20-17-15-7-6-13(21-2)9-12(15)4-8-16(17)23-18/h3,5-7,9-10H,4,8H2,1-2H3. The van der Waals surface area contributed by atoms with E-state index in [1.165, 1.54) is 16.0 Å². The summed E-state index contributed by atoms with van der Waals surface area (Å²) in [7, 11) is 1.70. The molecule has 0 saturated carbocycles. The van der Waals surface area contributed by atoms with Crippen LogP contribution < -0.4 is 4.74 Å². The molecule has 3 aromatic rings. The summed E-state index contributed by atoms with van der Waals surface area (Å²) < 4.78 is 10.8. The van der Waals surface area contributed by atoms with E-state index < -0.39 is 0 Å². The molecule has 2 heterocycles. The number of methoxy groups -OCH3 is 1. The molecule has 23 heavy (non-hydrogen) atoms. The largest absolute Gasteiger partial charge is 0.497 e. The van der Waals surface area contributed by atoms with Crippen molar-refractivity contribution in [3.05, 3.63) is 52.3 Å². The maximum atomic E-state index is 5.50. The SMILES string of the molecule is COc1ccc2c(c1)CCc1sc(N=Cc3ccc(C)o3)nc1-2. The lowest BCUT2D eigenvalue weighted by molar-refractivity contribution is 0.414. The molecule has 2 aromatic heterocycles. The fourth-order valence-electron chi connectivity index (χ4n) is 2.80. The number of fused-ring (bicyclic) bond motifs is 3. The molecule has 116 valence electrons. The summed E-state index contributed by atoms with van der Waals surface area (Å²) in [5.41, 5.74) is 3.54. The molecule has 0 fully saturated rings. The minimum Gasteiger partial charge on any atom is -0.497 e. The summed E-state index contributed by atoms with van der Waals surface area (Å²) >= 11 is 1.65. The topological polar surface area (TPSA) is 47.6 Å². The minimum absolute atomic E-state index is 0.751. The summed E-state index contributed by atoms with van der Waals surface area (Å²) in [4.78, 5) is 10.5. The van der Waals surface area contributed by atoms with Gasteiger partial charge in [0.05, 0.1) is 19.0 Å². The van der Waals surface area contributed by atoms with Gasteiger partial charge in [-0.15, -0.1) is 0 Å². The third-order valence-corrected chi connectivity index (χ3v) is 4.96. The molecular formula is C18H16N2O2S. The fraction of sp³-hybridized carbons (Fsp3) is 0.222. The van der Waals surface area contributed by atoms with E-state index in [-0.39, 0.29) is 0 Å². The summed E-state index contributed by atoms with van der Waals surface area (Å²) in [6.07, 6.45) is 3.75. The second-order valence-electron chi connectivity index (χ2n) is 5.50. The van der Waals surface area contributed by atoms with Crippen LogP contribution in [0.5, 0.6) is 5.75 Å². The highest BCUT2D eigenvalue weighted by molar-refractivity contribution is 7.15. The first-order valence-electron chi connectivity index (χ1n) is 7.50. The van der Waals surface area contributed by atoms with Gasteiger partial charge >= 0.3 is 0 Å². The minimum atomic E-state index is 0.751. The Hall–Kier alpha value is -2.40. The molecule has 0 aliphatic heterocycles. The van der Waals surface area contributed by atoms with Crippen molar-refractivity contribution in [2.45, 2.75) is 19.8 Å². The Morgan fingerprint density at radius 2 is 2.17 bits per heavy atom. The van der Waals surface area contributed by atoms with E-state index in [4.69, 9.17) is 14.1 Å². The smallest absolute Gasteiger partial charge is 0.210 e. The number of aliphatic imine (C=N–C) groups is 1. The second kappa shape index (κ2) is 5.66. The van der Waals surface area contributed by atoms with Crippen LogP contribution in [0.15, 0.2) is 39.7 Å². The molecule has 1 aliphatic carbocycles. The van der Waals surface area contributed by atoms with E-state index in [1.807, 2.05) is 25.1 Å². The Kier molecular flexibility index (Phi) is 3.50. The summed E-state index contributed by atoms with van der Waals surface area (Å²) in [6.45, 7) is 1.92. The van der Waals surface area contributed by atoms with Crippen LogP contribution >= 0.6 is 11.3 Å². The third-order valence-electron chi connectivity index (χ3n) is 3.94. The van der Waals surface area contributed by atoms with Gasteiger partial charge in [0, 0.05) is 10.4 Å². The average Bonchev–Trinajstić information content (AvgIpc) is 3.18. The Labute approximate surface area is 138 Å². The van der Waals surface area contributed by atoms with E-state index in [1.54, 1.807) is 24.7 Å². The van der Waals surface area contributed by atoms with Crippen LogP contribution in [0, 0.1) is 6.92 Å². The highest BCUT2D eigenvalue weighted by Gasteiger charge is 2.21. The number of nitrogens with zero attached hydrogens (tertiary/aromatic N) is 2. The zero-order chi connectivity index (χ0) is 15.8. The molecule has 0 atom stereocenters. The summed E-state index contributed by atoms with van der Waals surface area (Å²) in [5.74, 6) is 2.53. The van der Waals surface area contributed by atoms with E-state index in [2.05, 4.69) is 17.1 Å². The number of hydrogen-bond donors (Lipinski definition) is 0. The molecule has 0 N–H and O–H groups in total. The van der Waals surface area contributed by atoms with Crippen molar-refractivity contribution in [2.24, 2.45) is 4.99 Å². The van der Waals surface area contributed by atoms with Crippen molar-refractivity contribution in [3.8, 4) is 17.0 Å². The number of aromatic nitrogens is 1. The van der Waals surface area contributed by atoms with Crippen LogP contribution in [0.3, 0.4) is 0 Å². The van der Waals surface area contributed by atoms with Crippen molar-refractivity contribution in [3.63, 3.8) is 0 Å².